The van der Waals surface area contributed by atoms with Gasteiger partial charge in [0, 0.05) is 29.2 Å². The number of ether oxygens (including phenoxy) is 2. The van der Waals surface area contributed by atoms with E-state index in [2.05, 4.69) is 0 Å². The largest absolute Gasteiger partial charge is 0.497 e. The van der Waals surface area contributed by atoms with Crippen molar-refractivity contribution in [1.29, 1.82) is 0 Å². The molecule has 1 atom stereocenters. The molecule has 0 spiro atoms. The van der Waals surface area contributed by atoms with Gasteiger partial charge in [-0.25, -0.2) is 8.42 Å². The molecular formula is C17H17Cl2NO4S. The SMILES string of the molecule is COc1cccc(S(=O)(=O)N2CCOC(c3cc(Cl)cc(Cl)c3)C2)c1. The van der Waals surface area contributed by atoms with Crippen molar-refractivity contribution in [2.45, 2.75) is 11.0 Å². The smallest absolute Gasteiger partial charge is 0.243 e. The Labute approximate surface area is 157 Å². The first kappa shape index (κ1) is 18.5. The molecule has 134 valence electrons. The van der Waals surface area contributed by atoms with Crippen LogP contribution in [0.5, 0.6) is 5.75 Å². The summed E-state index contributed by atoms with van der Waals surface area (Å²) in [5, 5.41) is 0.970. The van der Waals surface area contributed by atoms with E-state index in [0.717, 1.165) is 5.56 Å². The predicted molar refractivity (Wildman–Crippen MR) is 96.9 cm³/mol. The monoisotopic (exact) mass is 401 g/mol. The second-order valence-electron chi connectivity index (χ2n) is 5.60. The van der Waals surface area contributed by atoms with Gasteiger partial charge in [-0.3, -0.25) is 0 Å². The van der Waals surface area contributed by atoms with Crippen LogP contribution in [0.15, 0.2) is 47.4 Å². The number of sulfonamides is 1. The van der Waals surface area contributed by atoms with Crippen LogP contribution < -0.4 is 4.74 Å². The van der Waals surface area contributed by atoms with E-state index in [1.54, 1.807) is 36.4 Å². The maximum Gasteiger partial charge on any atom is 0.243 e. The van der Waals surface area contributed by atoms with Crippen LogP contribution in [0.25, 0.3) is 0 Å². The third kappa shape index (κ3) is 4.10. The summed E-state index contributed by atoms with van der Waals surface area (Å²) in [5.41, 5.74) is 0.753. The molecule has 1 unspecified atom stereocenters. The molecule has 3 rings (SSSR count). The van der Waals surface area contributed by atoms with Crippen molar-refractivity contribution in [3.05, 3.63) is 58.1 Å². The molecule has 0 bridgehead atoms. The standard InChI is InChI=1S/C17H17Cl2NO4S/c1-23-15-3-2-4-16(10-15)25(21,22)20-5-6-24-17(11-20)12-7-13(18)9-14(19)8-12/h2-4,7-10,17H,5-6,11H2,1H3. The fourth-order valence-electron chi connectivity index (χ4n) is 2.72. The van der Waals surface area contributed by atoms with Gasteiger partial charge >= 0.3 is 0 Å². The normalized spacial score (nSPS) is 18.9. The molecule has 1 heterocycles. The molecule has 0 radical (unpaired) electrons. The fourth-order valence-corrected chi connectivity index (χ4v) is 4.72. The number of halogens is 2. The van der Waals surface area contributed by atoms with Crippen LogP contribution in [0.3, 0.4) is 0 Å². The molecule has 5 nitrogen and oxygen atoms in total. The Morgan fingerprint density at radius 1 is 1.16 bits per heavy atom. The minimum Gasteiger partial charge on any atom is -0.497 e. The molecule has 1 fully saturated rings. The van der Waals surface area contributed by atoms with Crippen molar-refractivity contribution in [3.8, 4) is 5.75 Å². The van der Waals surface area contributed by atoms with Crippen LogP contribution in [-0.2, 0) is 14.8 Å². The molecule has 1 aliphatic heterocycles. The van der Waals surface area contributed by atoms with Gasteiger partial charge in [-0.05, 0) is 35.9 Å². The Balaban J connectivity index is 1.87. The summed E-state index contributed by atoms with van der Waals surface area (Å²) in [5.74, 6) is 0.493. The Bertz CT molecular complexity index is 852. The number of nitrogens with zero attached hydrogens (tertiary/aromatic N) is 1. The average molecular weight is 402 g/mol. The molecule has 0 amide bonds. The van der Waals surface area contributed by atoms with Gasteiger partial charge in [0.15, 0.2) is 0 Å². The number of methoxy groups -OCH3 is 1. The van der Waals surface area contributed by atoms with Gasteiger partial charge < -0.3 is 9.47 Å². The number of hydrogen-bond acceptors (Lipinski definition) is 4. The van der Waals surface area contributed by atoms with E-state index in [1.165, 1.54) is 17.5 Å². The summed E-state index contributed by atoms with van der Waals surface area (Å²) >= 11 is 12.1. The van der Waals surface area contributed by atoms with E-state index in [-0.39, 0.29) is 24.6 Å². The Morgan fingerprint density at radius 2 is 1.88 bits per heavy atom. The van der Waals surface area contributed by atoms with Crippen LogP contribution in [0.4, 0.5) is 0 Å². The quantitative estimate of drug-likeness (QED) is 0.782. The average Bonchev–Trinajstić information content (AvgIpc) is 2.61. The maximum atomic E-state index is 12.9. The van der Waals surface area contributed by atoms with E-state index in [1.807, 2.05) is 0 Å². The zero-order valence-electron chi connectivity index (χ0n) is 13.5. The highest BCUT2D eigenvalue weighted by Crippen LogP contribution is 2.30. The van der Waals surface area contributed by atoms with Gasteiger partial charge in [0.05, 0.1) is 24.7 Å². The molecule has 2 aromatic carbocycles. The summed E-state index contributed by atoms with van der Waals surface area (Å²) < 4.78 is 38.1. The van der Waals surface area contributed by atoms with Crippen molar-refractivity contribution in [1.82, 2.24) is 4.31 Å². The first-order valence-electron chi connectivity index (χ1n) is 7.62. The molecule has 2 aromatic rings. The maximum absolute atomic E-state index is 12.9. The van der Waals surface area contributed by atoms with E-state index < -0.39 is 16.1 Å². The van der Waals surface area contributed by atoms with Gasteiger partial charge in [0.25, 0.3) is 0 Å². The van der Waals surface area contributed by atoms with Crippen LogP contribution in [0.1, 0.15) is 11.7 Å². The molecule has 0 aliphatic carbocycles. The van der Waals surface area contributed by atoms with Gasteiger partial charge in [-0.1, -0.05) is 29.3 Å². The highest BCUT2D eigenvalue weighted by Gasteiger charge is 2.32. The lowest BCUT2D eigenvalue weighted by molar-refractivity contribution is -0.00254. The van der Waals surface area contributed by atoms with Crippen LogP contribution in [-0.4, -0.2) is 39.5 Å². The molecular weight excluding hydrogens is 385 g/mol. The van der Waals surface area contributed by atoms with E-state index in [9.17, 15) is 8.42 Å². The number of hydrogen-bond donors (Lipinski definition) is 0. The summed E-state index contributed by atoms with van der Waals surface area (Å²) in [4.78, 5) is 0.191. The molecule has 0 aromatic heterocycles. The fraction of sp³-hybridized carbons (Fsp3) is 0.294. The summed E-state index contributed by atoms with van der Waals surface area (Å²) in [7, 11) is -2.15. The van der Waals surface area contributed by atoms with Gasteiger partial charge in [-0.2, -0.15) is 4.31 Å². The van der Waals surface area contributed by atoms with Crippen LogP contribution in [0, 0.1) is 0 Å². The van der Waals surface area contributed by atoms with Crippen LogP contribution in [0.2, 0.25) is 10.0 Å². The van der Waals surface area contributed by atoms with Crippen molar-refractivity contribution >= 4 is 33.2 Å². The third-order valence-corrected chi connectivity index (χ3v) is 6.26. The van der Waals surface area contributed by atoms with Gasteiger partial charge in [0.2, 0.25) is 10.0 Å². The van der Waals surface area contributed by atoms with E-state index in [0.29, 0.717) is 15.8 Å². The van der Waals surface area contributed by atoms with Crippen molar-refractivity contribution in [2.24, 2.45) is 0 Å². The lowest BCUT2D eigenvalue weighted by Gasteiger charge is -2.32. The Hall–Kier alpha value is -1.31. The molecule has 25 heavy (non-hydrogen) atoms. The molecule has 0 saturated carbocycles. The number of rotatable bonds is 4. The lowest BCUT2D eigenvalue weighted by Crippen LogP contribution is -2.42. The molecule has 1 saturated heterocycles. The molecule has 0 N–H and O–H groups in total. The second kappa shape index (κ2) is 7.51. The predicted octanol–water partition coefficient (Wildman–Crippen LogP) is 3.76. The first-order chi connectivity index (χ1) is 11.9. The highest BCUT2D eigenvalue weighted by molar-refractivity contribution is 7.89. The summed E-state index contributed by atoms with van der Waals surface area (Å²) in [6.45, 7) is 0.762. The van der Waals surface area contributed by atoms with Crippen LogP contribution >= 0.6 is 23.2 Å². The summed E-state index contributed by atoms with van der Waals surface area (Å²) in [6.07, 6.45) is -0.426. The first-order valence-corrected chi connectivity index (χ1v) is 9.81. The minimum absolute atomic E-state index is 0.191. The van der Waals surface area contributed by atoms with Crippen molar-refractivity contribution in [3.63, 3.8) is 0 Å². The zero-order chi connectivity index (χ0) is 18.0. The third-order valence-electron chi connectivity index (χ3n) is 3.96. The number of morpholine rings is 1. The topological polar surface area (TPSA) is 55.8 Å². The molecule has 8 heteroatoms. The van der Waals surface area contributed by atoms with Gasteiger partial charge in [-0.15, -0.1) is 0 Å². The Morgan fingerprint density at radius 3 is 2.56 bits per heavy atom. The second-order valence-corrected chi connectivity index (χ2v) is 8.42. The van der Waals surface area contributed by atoms with Crippen molar-refractivity contribution in [2.75, 3.05) is 26.8 Å². The number of benzene rings is 2. The van der Waals surface area contributed by atoms with E-state index >= 15 is 0 Å². The highest BCUT2D eigenvalue weighted by atomic mass is 35.5. The molecule has 1 aliphatic rings. The van der Waals surface area contributed by atoms with Crippen molar-refractivity contribution < 1.29 is 17.9 Å². The lowest BCUT2D eigenvalue weighted by atomic mass is 10.1. The van der Waals surface area contributed by atoms with E-state index in [4.69, 9.17) is 32.7 Å². The summed E-state index contributed by atoms with van der Waals surface area (Å²) in [6, 6.07) is 11.5. The Kier molecular flexibility index (Phi) is 5.55. The minimum atomic E-state index is -3.65. The zero-order valence-corrected chi connectivity index (χ0v) is 15.8. The van der Waals surface area contributed by atoms with Gasteiger partial charge in [0.1, 0.15) is 5.75 Å².